The second-order valence-electron chi connectivity index (χ2n) is 4.51. The van der Waals surface area contributed by atoms with Gasteiger partial charge in [0.15, 0.2) is 6.61 Å². The minimum absolute atomic E-state index is 0.309. The van der Waals surface area contributed by atoms with E-state index in [1.807, 2.05) is 0 Å². The van der Waals surface area contributed by atoms with E-state index in [1.54, 1.807) is 24.3 Å². The molecule has 0 aliphatic heterocycles. The van der Waals surface area contributed by atoms with Gasteiger partial charge in [-0.05, 0) is 24.3 Å². The van der Waals surface area contributed by atoms with Gasteiger partial charge in [0.05, 0.1) is 12.7 Å². The van der Waals surface area contributed by atoms with Crippen molar-refractivity contribution in [1.82, 2.24) is 0 Å². The monoisotopic (exact) mass is 321 g/mol. The van der Waals surface area contributed by atoms with E-state index in [9.17, 15) is 18.4 Å². The Kier molecular flexibility index (Phi) is 5.24. The average Bonchev–Trinajstić information content (AvgIpc) is 2.51. The molecular weight excluding hydrogens is 308 g/mol. The number of methoxy groups -OCH3 is 1. The molecule has 7 heteroatoms. The lowest BCUT2D eigenvalue weighted by atomic mass is 10.2. The number of rotatable bonds is 5. The van der Waals surface area contributed by atoms with E-state index < -0.39 is 30.1 Å². The summed E-state index contributed by atoms with van der Waals surface area (Å²) in [7, 11) is 1.49. The molecule has 0 radical (unpaired) electrons. The Hall–Kier alpha value is -2.96. The highest BCUT2D eigenvalue weighted by Crippen LogP contribution is 2.16. The van der Waals surface area contributed by atoms with E-state index in [0.717, 1.165) is 12.1 Å². The van der Waals surface area contributed by atoms with E-state index in [1.165, 1.54) is 7.11 Å². The maximum atomic E-state index is 13.0. The molecule has 0 heterocycles. The van der Waals surface area contributed by atoms with Crippen LogP contribution in [0.3, 0.4) is 0 Å². The number of benzene rings is 2. The van der Waals surface area contributed by atoms with Crippen LogP contribution in [0.2, 0.25) is 0 Å². The average molecular weight is 321 g/mol. The molecule has 0 unspecified atom stereocenters. The van der Waals surface area contributed by atoms with Gasteiger partial charge >= 0.3 is 5.97 Å². The Bertz CT molecular complexity index is 714. The zero-order chi connectivity index (χ0) is 16.8. The van der Waals surface area contributed by atoms with Crippen LogP contribution >= 0.6 is 0 Å². The van der Waals surface area contributed by atoms with Gasteiger partial charge in [0, 0.05) is 17.8 Å². The van der Waals surface area contributed by atoms with Crippen molar-refractivity contribution < 1.29 is 27.8 Å². The van der Waals surface area contributed by atoms with Crippen molar-refractivity contribution in [3.8, 4) is 5.75 Å². The SMILES string of the molecule is COc1cccc(NC(=O)COC(=O)c2cc(F)cc(F)c2)c1. The van der Waals surface area contributed by atoms with Gasteiger partial charge < -0.3 is 14.8 Å². The molecule has 120 valence electrons. The maximum Gasteiger partial charge on any atom is 0.338 e. The van der Waals surface area contributed by atoms with Crippen LogP contribution < -0.4 is 10.1 Å². The molecule has 0 aliphatic rings. The molecule has 1 N–H and O–H groups in total. The van der Waals surface area contributed by atoms with Crippen LogP contribution in [-0.4, -0.2) is 25.6 Å². The number of hydrogen-bond donors (Lipinski definition) is 1. The first-order valence-corrected chi connectivity index (χ1v) is 6.55. The minimum Gasteiger partial charge on any atom is -0.497 e. The summed E-state index contributed by atoms with van der Waals surface area (Å²) in [6, 6.07) is 8.87. The first-order chi connectivity index (χ1) is 11.0. The number of halogens is 2. The van der Waals surface area contributed by atoms with E-state index in [0.29, 0.717) is 17.5 Å². The molecule has 0 saturated heterocycles. The summed E-state index contributed by atoms with van der Waals surface area (Å²) in [5, 5.41) is 2.50. The lowest BCUT2D eigenvalue weighted by Crippen LogP contribution is -2.21. The van der Waals surface area contributed by atoms with E-state index in [-0.39, 0.29) is 5.56 Å². The molecule has 5 nitrogen and oxygen atoms in total. The summed E-state index contributed by atoms with van der Waals surface area (Å²) < 4.78 is 35.7. The molecule has 23 heavy (non-hydrogen) atoms. The van der Waals surface area contributed by atoms with Gasteiger partial charge in [-0.2, -0.15) is 0 Å². The molecule has 2 rings (SSSR count). The molecule has 2 aromatic carbocycles. The van der Waals surface area contributed by atoms with Gasteiger partial charge in [-0.25, -0.2) is 13.6 Å². The van der Waals surface area contributed by atoms with Gasteiger partial charge in [-0.1, -0.05) is 6.07 Å². The summed E-state index contributed by atoms with van der Waals surface area (Å²) in [4.78, 5) is 23.4. The maximum absolute atomic E-state index is 13.0. The highest BCUT2D eigenvalue weighted by molar-refractivity contribution is 5.95. The quantitative estimate of drug-likeness (QED) is 0.860. The van der Waals surface area contributed by atoms with E-state index in [4.69, 9.17) is 9.47 Å². The summed E-state index contributed by atoms with van der Waals surface area (Å²) in [5.74, 6) is -2.85. The second-order valence-corrected chi connectivity index (χ2v) is 4.51. The molecule has 0 bridgehead atoms. The smallest absolute Gasteiger partial charge is 0.338 e. The largest absolute Gasteiger partial charge is 0.497 e. The Labute approximate surface area is 130 Å². The van der Waals surface area contributed by atoms with Crippen LogP contribution in [0, 0.1) is 11.6 Å². The fourth-order valence-electron chi connectivity index (χ4n) is 1.78. The number of anilines is 1. The summed E-state index contributed by atoms with van der Waals surface area (Å²) in [5.41, 5.74) is 0.152. The fraction of sp³-hybridized carbons (Fsp3) is 0.125. The van der Waals surface area contributed by atoms with Gasteiger partial charge in [0.25, 0.3) is 5.91 Å². The Morgan fingerprint density at radius 3 is 2.43 bits per heavy atom. The predicted molar refractivity (Wildman–Crippen MR) is 78.3 cm³/mol. The van der Waals surface area contributed by atoms with Gasteiger partial charge in [-0.15, -0.1) is 0 Å². The van der Waals surface area contributed by atoms with Crippen molar-refractivity contribution in [1.29, 1.82) is 0 Å². The third-order valence-corrected chi connectivity index (χ3v) is 2.79. The molecule has 0 aromatic heterocycles. The lowest BCUT2D eigenvalue weighted by Gasteiger charge is -2.08. The second kappa shape index (κ2) is 7.35. The fourth-order valence-corrected chi connectivity index (χ4v) is 1.78. The molecule has 0 saturated carbocycles. The number of ether oxygens (including phenoxy) is 2. The zero-order valence-corrected chi connectivity index (χ0v) is 12.1. The van der Waals surface area contributed by atoms with Crippen molar-refractivity contribution in [2.75, 3.05) is 19.0 Å². The molecule has 0 atom stereocenters. The predicted octanol–water partition coefficient (Wildman–Crippen LogP) is 2.77. The first kappa shape index (κ1) is 16.4. The standard InChI is InChI=1S/C16H13F2NO4/c1-22-14-4-2-3-13(8-14)19-15(20)9-23-16(21)10-5-11(17)7-12(18)6-10/h2-8H,9H2,1H3,(H,19,20). The number of esters is 1. The van der Waals surface area contributed by atoms with Gasteiger partial charge in [0.1, 0.15) is 17.4 Å². The molecule has 0 aliphatic carbocycles. The van der Waals surface area contributed by atoms with Crippen LogP contribution in [-0.2, 0) is 9.53 Å². The van der Waals surface area contributed by atoms with Crippen molar-refractivity contribution in [2.24, 2.45) is 0 Å². The van der Waals surface area contributed by atoms with Crippen molar-refractivity contribution in [2.45, 2.75) is 0 Å². The number of nitrogens with one attached hydrogen (secondary N) is 1. The third-order valence-electron chi connectivity index (χ3n) is 2.79. The number of amides is 1. The van der Waals surface area contributed by atoms with Crippen molar-refractivity contribution >= 4 is 17.6 Å². The summed E-state index contributed by atoms with van der Waals surface area (Å²) in [6.07, 6.45) is 0. The number of hydrogen-bond acceptors (Lipinski definition) is 4. The van der Waals surface area contributed by atoms with Gasteiger partial charge in [0.2, 0.25) is 0 Å². The summed E-state index contributed by atoms with van der Waals surface area (Å²) in [6.45, 7) is -0.589. The van der Waals surface area contributed by atoms with Crippen LogP contribution in [0.15, 0.2) is 42.5 Å². The molecule has 0 spiro atoms. The van der Waals surface area contributed by atoms with Crippen LogP contribution in [0.5, 0.6) is 5.75 Å². The normalized spacial score (nSPS) is 10.0. The van der Waals surface area contributed by atoms with Crippen molar-refractivity contribution in [3.05, 3.63) is 59.7 Å². The van der Waals surface area contributed by atoms with Crippen LogP contribution in [0.4, 0.5) is 14.5 Å². The Balaban J connectivity index is 1.92. The zero-order valence-electron chi connectivity index (χ0n) is 12.1. The molecule has 2 aromatic rings. The van der Waals surface area contributed by atoms with Crippen LogP contribution in [0.25, 0.3) is 0 Å². The highest BCUT2D eigenvalue weighted by Gasteiger charge is 2.13. The van der Waals surface area contributed by atoms with E-state index in [2.05, 4.69) is 5.32 Å². The summed E-state index contributed by atoms with van der Waals surface area (Å²) >= 11 is 0. The molecule has 1 amide bonds. The van der Waals surface area contributed by atoms with Crippen LogP contribution in [0.1, 0.15) is 10.4 Å². The Morgan fingerprint density at radius 2 is 1.78 bits per heavy atom. The Morgan fingerprint density at radius 1 is 1.09 bits per heavy atom. The number of carbonyl (C=O) groups is 2. The highest BCUT2D eigenvalue weighted by atomic mass is 19.1. The van der Waals surface area contributed by atoms with E-state index >= 15 is 0 Å². The lowest BCUT2D eigenvalue weighted by molar-refractivity contribution is -0.119. The topological polar surface area (TPSA) is 64.6 Å². The number of carbonyl (C=O) groups excluding carboxylic acids is 2. The van der Waals surface area contributed by atoms with Crippen molar-refractivity contribution in [3.63, 3.8) is 0 Å². The first-order valence-electron chi connectivity index (χ1n) is 6.55. The van der Waals surface area contributed by atoms with Gasteiger partial charge in [-0.3, -0.25) is 4.79 Å². The third kappa shape index (κ3) is 4.77. The molecular formula is C16H13F2NO4. The molecule has 0 fully saturated rings. The minimum atomic E-state index is -0.996.